The number of ether oxygens (including phenoxy) is 1. The number of thiophene rings is 1. The Morgan fingerprint density at radius 1 is 1.00 bits per heavy atom. The van der Waals surface area contributed by atoms with Crippen molar-refractivity contribution >= 4 is 28.8 Å². The molecule has 0 N–H and O–H groups in total. The molecule has 0 atom stereocenters. The van der Waals surface area contributed by atoms with Crippen LogP contribution in [0.25, 0.3) is 0 Å². The van der Waals surface area contributed by atoms with Crippen LogP contribution in [0.4, 0.5) is 5.69 Å². The van der Waals surface area contributed by atoms with Crippen LogP contribution in [0.2, 0.25) is 0 Å². The summed E-state index contributed by atoms with van der Waals surface area (Å²) in [6, 6.07) is 17.9. The van der Waals surface area contributed by atoms with Gasteiger partial charge < -0.3 is 14.5 Å². The largest absolute Gasteiger partial charge is 0.454 e. The number of carbonyl (C=O) groups excluding carboxylic acids is 1. The maximum Gasteiger partial charge on any atom is 0.264 e. The Hall–Kier alpha value is -3.12. The number of nitrogens with zero attached hydrogens (tertiary/aromatic N) is 3. The fraction of sp³-hybridized carbons (Fsp3) is 0.217. The highest BCUT2D eigenvalue weighted by atomic mass is 32.1. The number of hydrogen-bond acceptors (Lipinski definition) is 5. The van der Waals surface area contributed by atoms with Crippen LogP contribution >= 0.6 is 11.3 Å². The van der Waals surface area contributed by atoms with Crippen molar-refractivity contribution in [2.24, 2.45) is 4.99 Å². The van der Waals surface area contributed by atoms with Gasteiger partial charge in [-0.3, -0.25) is 4.79 Å². The molecule has 3 aromatic rings. The minimum atomic E-state index is 0.118. The van der Waals surface area contributed by atoms with Gasteiger partial charge in [0, 0.05) is 26.2 Å². The summed E-state index contributed by atoms with van der Waals surface area (Å²) in [5, 5.41) is 1.94. The number of para-hydroxylation sites is 1. The van der Waals surface area contributed by atoms with Crippen molar-refractivity contribution in [2.75, 3.05) is 26.2 Å². The van der Waals surface area contributed by atoms with E-state index in [0.29, 0.717) is 13.1 Å². The van der Waals surface area contributed by atoms with E-state index in [4.69, 9.17) is 9.73 Å². The van der Waals surface area contributed by atoms with Crippen molar-refractivity contribution < 1.29 is 9.53 Å². The molecule has 146 valence electrons. The first-order valence-electron chi connectivity index (χ1n) is 9.73. The second kappa shape index (κ2) is 7.37. The van der Waals surface area contributed by atoms with Gasteiger partial charge in [-0.05, 0) is 48.2 Å². The van der Waals surface area contributed by atoms with Crippen LogP contribution < -0.4 is 4.74 Å². The van der Waals surface area contributed by atoms with Gasteiger partial charge in [-0.25, -0.2) is 4.99 Å². The number of piperazine rings is 1. The molecule has 6 heteroatoms. The SMILES string of the molecule is Cc1ccc2c(c1)Oc1ccccc1C(N1CCN(C(=O)c3cccs3)CC1)=N2. The van der Waals surface area contributed by atoms with E-state index in [2.05, 4.69) is 24.0 Å². The molecule has 0 spiro atoms. The number of amidine groups is 1. The second-order valence-corrected chi connectivity index (χ2v) is 8.21. The standard InChI is InChI=1S/C23H21N3O2S/c1-16-8-9-18-20(15-16)28-19-6-3-2-5-17(19)22(24-18)25-10-12-26(13-11-25)23(27)21-7-4-14-29-21/h2-9,14-15H,10-13H2,1H3. The second-order valence-electron chi connectivity index (χ2n) is 7.26. The van der Waals surface area contributed by atoms with E-state index in [1.807, 2.05) is 52.7 Å². The van der Waals surface area contributed by atoms with Gasteiger partial charge in [-0.2, -0.15) is 0 Å². The predicted molar refractivity (Wildman–Crippen MR) is 116 cm³/mol. The van der Waals surface area contributed by atoms with Gasteiger partial charge in [0.2, 0.25) is 0 Å². The first-order chi connectivity index (χ1) is 14.2. The lowest BCUT2D eigenvalue weighted by molar-refractivity contribution is 0.0697. The molecule has 0 radical (unpaired) electrons. The third kappa shape index (κ3) is 3.40. The normalized spacial score (nSPS) is 15.7. The Labute approximate surface area is 173 Å². The lowest BCUT2D eigenvalue weighted by atomic mass is 10.1. The maximum absolute atomic E-state index is 12.7. The molecule has 1 aromatic heterocycles. The lowest BCUT2D eigenvalue weighted by Gasteiger charge is -2.36. The summed E-state index contributed by atoms with van der Waals surface area (Å²) in [6.07, 6.45) is 0. The van der Waals surface area contributed by atoms with Crippen LogP contribution in [0.15, 0.2) is 65.0 Å². The van der Waals surface area contributed by atoms with Crippen LogP contribution in [-0.2, 0) is 0 Å². The topological polar surface area (TPSA) is 45.1 Å². The summed E-state index contributed by atoms with van der Waals surface area (Å²) in [5.41, 5.74) is 2.96. The summed E-state index contributed by atoms with van der Waals surface area (Å²) in [5.74, 6) is 2.62. The Kier molecular flexibility index (Phi) is 4.56. The first kappa shape index (κ1) is 17.9. The summed E-state index contributed by atoms with van der Waals surface area (Å²) < 4.78 is 6.21. The number of aliphatic imine (C=N–C) groups is 1. The molecular weight excluding hydrogens is 382 g/mol. The molecule has 1 saturated heterocycles. The number of carbonyl (C=O) groups is 1. The summed E-state index contributed by atoms with van der Waals surface area (Å²) in [7, 11) is 0. The van der Waals surface area contributed by atoms with Gasteiger partial charge in [-0.1, -0.05) is 24.3 Å². The predicted octanol–water partition coefficient (Wildman–Crippen LogP) is 4.70. The molecule has 1 fully saturated rings. The van der Waals surface area contributed by atoms with E-state index in [1.165, 1.54) is 11.3 Å². The molecule has 2 aliphatic heterocycles. The fourth-order valence-corrected chi connectivity index (χ4v) is 4.44. The van der Waals surface area contributed by atoms with E-state index in [1.54, 1.807) is 0 Å². The lowest BCUT2D eigenvalue weighted by Crippen LogP contribution is -2.50. The molecule has 3 heterocycles. The molecule has 1 amide bonds. The summed E-state index contributed by atoms with van der Waals surface area (Å²) in [4.78, 5) is 22.6. The highest BCUT2D eigenvalue weighted by Gasteiger charge is 2.28. The third-order valence-electron chi connectivity index (χ3n) is 5.29. The number of fused-ring (bicyclic) bond motifs is 2. The number of benzene rings is 2. The zero-order chi connectivity index (χ0) is 19.8. The minimum Gasteiger partial charge on any atom is -0.454 e. The average molecular weight is 404 g/mol. The average Bonchev–Trinajstić information content (AvgIpc) is 3.23. The summed E-state index contributed by atoms with van der Waals surface area (Å²) in [6.45, 7) is 4.89. The Morgan fingerprint density at radius 3 is 2.62 bits per heavy atom. The Bertz CT molecular complexity index is 1080. The van der Waals surface area contributed by atoms with Gasteiger partial charge >= 0.3 is 0 Å². The van der Waals surface area contributed by atoms with Gasteiger partial charge in [0.1, 0.15) is 17.3 Å². The van der Waals surface area contributed by atoms with Crippen molar-refractivity contribution in [3.8, 4) is 11.5 Å². The fourth-order valence-electron chi connectivity index (χ4n) is 3.75. The van der Waals surface area contributed by atoms with Crippen LogP contribution in [0, 0.1) is 6.92 Å². The van der Waals surface area contributed by atoms with Crippen molar-refractivity contribution in [1.29, 1.82) is 0 Å². The van der Waals surface area contributed by atoms with E-state index < -0.39 is 0 Å². The van der Waals surface area contributed by atoms with Crippen LogP contribution in [0.1, 0.15) is 20.8 Å². The molecule has 0 bridgehead atoms. The van der Waals surface area contributed by atoms with Crippen LogP contribution in [-0.4, -0.2) is 47.7 Å². The molecule has 5 rings (SSSR count). The number of hydrogen-bond donors (Lipinski definition) is 0. The highest BCUT2D eigenvalue weighted by Crippen LogP contribution is 2.38. The van der Waals surface area contributed by atoms with E-state index in [0.717, 1.165) is 52.1 Å². The van der Waals surface area contributed by atoms with Crippen molar-refractivity contribution in [3.05, 3.63) is 76.0 Å². The monoisotopic (exact) mass is 403 g/mol. The Balaban J connectivity index is 1.44. The van der Waals surface area contributed by atoms with Gasteiger partial charge in [0.15, 0.2) is 5.75 Å². The van der Waals surface area contributed by atoms with Crippen molar-refractivity contribution in [2.45, 2.75) is 6.92 Å². The first-order valence-corrected chi connectivity index (χ1v) is 10.6. The summed E-state index contributed by atoms with van der Waals surface area (Å²) >= 11 is 1.50. The molecule has 5 nitrogen and oxygen atoms in total. The minimum absolute atomic E-state index is 0.118. The van der Waals surface area contributed by atoms with Crippen molar-refractivity contribution in [3.63, 3.8) is 0 Å². The molecule has 2 aliphatic rings. The van der Waals surface area contributed by atoms with Crippen LogP contribution in [0.3, 0.4) is 0 Å². The number of rotatable bonds is 1. The quantitative estimate of drug-likeness (QED) is 0.592. The smallest absolute Gasteiger partial charge is 0.264 e. The maximum atomic E-state index is 12.7. The number of amides is 1. The van der Waals surface area contributed by atoms with E-state index in [9.17, 15) is 4.79 Å². The van der Waals surface area contributed by atoms with Crippen LogP contribution in [0.5, 0.6) is 11.5 Å². The van der Waals surface area contributed by atoms with Crippen molar-refractivity contribution in [1.82, 2.24) is 9.80 Å². The Morgan fingerprint density at radius 2 is 1.83 bits per heavy atom. The van der Waals surface area contributed by atoms with Gasteiger partial charge in [0.05, 0.1) is 10.4 Å². The van der Waals surface area contributed by atoms with E-state index in [-0.39, 0.29) is 5.91 Å². The molecule has 0 aliphatic carbocycles. The third-order valence-corrected chi connectivity index (χ3v) is 6.15. The van der Waals surface area contributed by atoms with Gasteiger partial charge in [-0.15, -0.1) is 11.3 Å². The zero-order valence-corrected chi connectivity index (χ0v) is 17.0. The molecular formula is C23H21N3O2S. The van der Waals surface area contributed by atoms with Gasteiger partial charge in [0.25, 0.3) is 5.91 Å². The number of aryl methyl sites for hydroxylation is 1. The molecule has 0 unspecified atom stereocenters. The van der Waals surface area contributed by atoms with E-state index >= 15 is 0 Å². The molecule has 0 saturated carbocycles. The molecule has 29 heavy (non-hydrogen) atoms. The molecule has 2 aromatic carbocycles. The zero-order valence-electron chi connectivity index (χ0n) is 16.2. The highest BCUT2D eigenvalue weighted by molar-refractivity contribution is 7.12.